The highest BCUT2D eigenvalue weighted by molar-refractivity contribution is 7.72. The van der Waals surface area contributed by atoms with Crippen LogP contribution in [0.15, 0.2) is 0 Å². The highest BCUT2D eigenvalue weighted by Crippen LogP contribution is 2.68. The molecule has 0 amide bonds. The molecule has 116 valence electrons. The summed E-state index contributed by atoms with van der Waals surface area (Å²) in [5.74, 6) is 0. The van der Waals surface area contributed by atoms with Gasteiger partial charge in [0.05, 0.1) is 0 Å². The minimum Gasteiger partial charge on any atom is -0.367 e. The van der Waals surface area contributed by atoms with Gasteiger partial charge in [-0.1, -0.05) is 19.8 Å². The van der Waals surface area contributed by atoms with Crippen LogP contribution in [-0.4, -0.2) is 62.0 Å². The average Bonchev–Trinajstić information content (AvgIpc) is 2.61. The summed E-state index contributed by atoms with van der Waals surface area (Å²) in [5.41, 5.74) is 0. The Labute approximate surface area is 120 Å². The predicted octanol–water partition coefficient (Wildman–Crippen LogP) is 0.500. The van der Waals surface area contributed by atoms with Gasteiger partial charge in [-0.25, -0.2) is 0 Å². The lowest BCUT2D eigenvalue weighted by Gasteiger charge is -2.30. The van der Waals surface area contributed by atoms with Crippen LogP contribution in [0.1, 0.15) is 32.6 Å². The Balaban J connectivity index is 5.56. The fourth-order valence-electron chi connectivity index (χ4n) is 1.50. The van der Waals surface area contributed by atoms with E-state index in [-0.39, 0.29) is 6.54 Å². The Morgan fingerprint density at radius 1 is 1.11 bits per heavy atom. The van der Waals surface area contributed by atoms with Gasteiger partial charge in [-0.05, 0) is 20.0 Å². The van der Waals surface area contributed by atoms with E-state index in [1.54, 1.807) is 11.9 Å². The summed E-state index contributed by atoms with van der Waals surface area (Å²) in [4.78, 5) is 17.2. The van der Waals surface area contributed by atoms with Gasteiger partial charge in [0, 0.05) is 13.0 Å². The van der Waals surface area contributed by atoms with Gasteiger partial charge in [0.2, 0.25) is 7.16 Å². The van der Waals surface area contributed by atoms with E-state index in [9.17, 15) is 9.13 Å². The standard InChI is InChI=1S/C9H23NO7P2/c1-3-4-5-7-10(2)8-6-9(11,18(12,13)14)19(15,16)17/h11H,3-8H2,1-2H3,(H2,12,13,14)(H2,15,16,17)/i11D/hD4. The maximum Gasteiger partial charge on any atom is 0.369 e. The van der Waals surface area contributed by atoms with Crippen molar-refractivity contribution >= 4 is 15.2 Å². The van der Waals surface area contributed by atoms with Crippen molar-refractivity contribution in [2.24, 2.45) is 0 Å². The number of hydrogen-bond acceptors (Lipinski definition) is 8. The van der Waals surface area contributed by atoms with Gasteiger partial charge in [-0.2, -0.15) is 0 Å². The van der Waals surface area contributed by atoms with Crippen molar-refractivity contribution < 1.29 is 33.8 Å². The van der Waals surface area contributed by atoms with Crippen LogP contribution in [0.5, 0.6) is 0 Å². The topological polar surface area (TPSA) is 139 Å². The van der Waals surface area contributed by atoms with Crippen LogP contribution >= 0.6 is 15.2 Å². The molecule has 8 nitrogen and oxygen atoms in total. The van der Waals surface area contributed by atoms with Crippen molar-refractivity contribution in [2.45, 2.75) is 37.7 Å². The molecule has 0 bridgehead atoms. The molecule has 0 aliphatic heterocycles. The summed E-state index contributed by atoms with van der Waals surface area (Å²) in [6, 6.07) is 0. The molecule has 0 aromatic heterocycles. The van der Waals surface area contributed by atoms with Crippen LogP contribution in [0, 0.1) is 0 Å². The molecule has 5 N–H and O–H groups in total. The van der Waals surface area contributed by atoms with E-state index < -0.39 is 26.7 Å². The zero-order valence-electron chi connectivity index (χ0n) is 15.9. The van der Waals surface area contributed by atoms with Gasteiger partial charge < -0.3 is 29.6 Å². The number of aliphatic hydroxyl groups is 1. The molecule has 0 saturated heterocycles. The Morgan fingerprint density at radius 3 is 2.11 bits per heavy atom. The van der Waals surface area contributed by atoms with E-state index in [1.807, 2.05) is 6.92 Å². The maximum absolute atomic E-state index is 12.5. The average molecular weight is 324 g/mol. The molecule has 0 aromatic rings. The Kier molecular flexibility index (Phi) is 4.54. The second kappa shape index (κ2) is 7.29. The van der Waals surface area contributed by atoms with Gasteiger partial charge in [-0.3, -0.25) is 9.13 Å². The first-order chi connectivity index (χ1) is 11.3. The lowest BCUT2D eigenvalue weighted by Crippen LogP contribution is -2.34. The smallest absolute Gasteiger partial charge is 0.367 e. The van der Waals surface area contributed by atoms with E-state index in [0.29, 0.717) is 6.54 Å². The lowest BCUT2D eigenvalue weighted by molar-refractivity contribution is 0.112. The molecule has 0 fully saturated rings. The van der Waals surface area contributed by atoms with Crippen molar-refractivity contribution in [3.63, 3.8) is 0 Å². The zero-order chi connectivity index (χ0) is 18.9. The molecule has 0 aromatic carbocycles. The summed E-state index contributed by atoms with van der Waals surface area (Å²) in [6.07, 6.45) is 2.25. The highest BCUT2D eigenvalue weighted by Gasteiger charge is 2.58. The van der Waals surface area contributed by atoms with Gasteiger partial charge in [0.15, 0.2) is 0 Å². The van der Waals surface area contributed by atoms with Gasteiger partial charge >= 0.3 is 15.2 Å². The van der Waals surface area contributed by atoms with Gasteiger partial charge in [0.1, 0.15) is 0 Å². The molecular weight excluding hydrogens is 296 g/mol. The number of hydrogen-bond donors (Lipinski definition) is 5. The summed E-state index contributed by atoms with van der Waals surface area (Å²) in [7, 11) is -8.35. The van der Waals surface area contributed by atoms with E-state index >= 15 is 0 Å². The summed E-state index contributed by atoms with van der Waals surface area (Å²) < 4.78 is 59.4. The Morgan fingerprint density at radius 2 is 1.68 bits per heavy atom. The van der Waals surface area contributed by atoms with Crippen LogP contribution in [0.3, 0.4) is 0 Å². The molecule has 10 heteroatoms. The first kappa shape index (κ1) is 11.8. The predicted molar refractivity (Wildman–Crippen MR) is 70.7 cm³/mol. The highest BCUT2D eigenvalue weighted by atomic mass is 31.2. The van der Waals surface area contributed by atoms with Crippen molar-refractivity contribution in [3.8, 4) is 0 Å². The van der Waals surface area contributed by atoms with Gasteiger partial charge in [0.25, 0.3) is 5.08 Å². The molecule has 0 aliphatic rings. The molecule has 0 radical (unpaired) electrons. The number of rotatable bonds is 14. The van der Waals surface area contributed by atoms with Crippen LogP contribution < -0.4 is 0 Å². The van der Waals surface area contributed by atoms with Crippen LogP contribution in [0.4, 0.5) is 0 Å². The third-order valence-corrected chi connectivity index (χ3v) is 6.45. The van der Waals surface area contributed by atoms with Crippen molar-refractivity contribution in [1.29, 1.82) is 7.16 Å². The van der Waals surface area contributed by atoms with Crippen LogP contribution in [-0.2, 0) is 9.13 Å². The van der Waals surface area contributed by atoms with Crippen LogP contribution in [0.25, 0.3) is 0 Å². The fraction of sp³-hybridized carbons (Fsp3) is 1.00. The Bertz CT molecular complexity index is 418. The van der Waals surface area contributed by atoms with Crippen molar-refractivity contribution in [3.05, 3.63) is 0 Å². The zero-order valence-corrected chi connectivity index (χ0v) is 12.7. The third kappa shape index (κ3) is 5.61. The summed E-state index contributed by atoms with van der Waals surface area (Å²) >= 11 is 0. The second-order valence-electron chi connectivity index (χ2n) is 4.50. The minimum absolute atomic E-state index is 0.00993. The minimum atomic E-state index is -5.02. The first-order valence-corrected chi connectivity index (χ1v) is 8.97. The lowest BCUT2D eigenvalue weighted by atomic mass is 10.2. The normalized spacial score (nSPS) is 17.5. The second-order valence-corrected chi connectivity index (χ2v) is 8.29. The van der Waals surface area contributed by atoms with E-state index in [2.05, 4.69) is 24.7 Å². The van der Waals surface area contributed by atoms with E-state index in [1.165, 1.54) is 0 Å². The monoisotopic (exact) mass is 324 g/mol. The molecule has 0 atom stereocenters. The summed E-state index contributed by atoms with van der Waals surface area (Å²) in [5, 5.41) is 1.30. The number of nitrogens with zero attached hydrogens (tertiary/aromatic N) is 1. The molecule has 0 spiro atoms. The molecule has 19 heavy (non-hydrogen) atoms. The van der Waals surface area contributed by atoms with E-state index in [0.717, 1.165) is 19.3 Å². The summed E-state index contributed by atoms with van der Waals surface area (Å²) in [6.45, 7) is 2.65. The van der Waals surface area contributed by atoms with Crippen LogP contribution in [0.2, 0.25) is 0 Å². The van der Waals surface area contributed by atoms with Crippen molar-refractivity contribution in [2.75, 3.05) is 20.1 Å². The fourth-order valence-corrected chi connectivity index (χ4v) is 3.45. The molecule has 0 saturated carbocycles. The largest absolute Gasteiger partial charge is 0.369 e. The molecule has 0 rings (SSSR count). The molecule has 0 unspecified atom stereocenters. The van der Waals surface area contributed by atoms with E-state index in [4.69, 9.17) is 7.16 Å². The molecular formula is C9H23NO7P2. The number of unbranched alkanes of at least 4 members (excludes halogenated alkanes) is 2. The Hall–Kier alpha value is 0.220. The third-order valence-electron chi connectivity index (χ3n) is 2.82. The quantitative estimate of drug-likeness (QED) is 0.230. The van der Waals surface area contributed by atoms with Crippen molar-refractivity contribution in [1.82, 2.24) is 4.90 Å². The molecule has 0 heterocycles. The first-order valence-electron chi connectivity index (χ1n) is 7.93. The van der Waals surface area contributed by atoms with Gasteiger partial charge in [-0.15, -0.1) is 0 Å². The SMILES string of the molecule is [2H]OC(CCN(C)CCCCC)(P(=O)(O[2H])O[2H])P(=O)(O[2H])O[2H]. The maximum atomic E-state index is 12.5. The molecule has 0 aliphatic carbocycles.